The topological polar surface area (TPSA) is 66.1 Å². The Morgan fingerprint density at radius 1 is 1.12 bits per heavy atom. The second kappa shape index (κ2) is 12.4. The molecule has 2 aromatic carbocycles. The second-order valence-electron chi connectivity index (χ2n) is 8.91. The number of hydrogen-bond acceptors (Lipinski definition) is 5. The highest BCUT2D eigenvalue weighted by molar-refractivity contribution is 6.30. The monoisotopic (exact) mass is 486 g/mol. The van der Waals surface area contributed by atoms with Gasteiger partial charge in [0, 0.05) is 37.2 Å². The summed E-state index contributed by atoms with van der Waals surface area (Å²) in [5.74, 6) is 0.657. The van der Waals surface area contributed by atoms with Gasteiger partial charge in [-0.2, -0.15) is 0 Å². The normalized spacial score (nSPS) is 20.1. The smallest absolute Gasteiger partial charge is 0.319 e. The van der Waals surface area contributed by atoms with Crippen molar-refractivity contribution < 1.29 is 14.3 Å². The van der Waals surface area contributed by atoms with Crippen LogP contribution >= 0.6 is 11.6 Å². The van der Waals surface area contributed by atoms with Crippen molar-refractivity contribution >= 4 is 23.3 Å². The van der Waals surface area contributed by atoms with Crippen molar-refractivity contribution in [3.8, 4) is 5.75 Å². The summed E-state index contributed by atoms with van der Waals surface area (Å²) in [5, 5.41) is 6.38. The third-order valence-electron chi connectivity index (χ3n) is 6.46. The Morgan fingerprint density at radius 2 is 1.88 bits per heavy atom. The zero-order valence-electron chi connectivity index (χ0n) is 19.8. The van der Waals surface area contributed by atoms with Crippen LogP contribution in [0.2, 0.25) is 5.02 Å². The molecule has 0 radical (unpaired) electrons. The molecular weight excluding hydrogens is 452 g/mol. The molecular formula is C26H35ClN4O3. The van der Waals surface area contributed by atoms with Gasteiger partial charge in [-0.05, 0) is 62.7 Å². The maximum Gasteiger partial charge on any atom is 0.319 e. The predicted molar refractivity (Wildman–Crippen MR) is 136 cm³/mol. The minimum atomic E-state index is -0.235. The Balaban J connectivity index is 1.24. The lowest BCUT2D eigenvalue weighted by Gasteiger charge is -2.42. The van der Waals surface area contributed by atoms with Gasteiger partial charge in [0.25, 0.3) is 0 Å². The van der Waals surface area contributed by atoms with Crippen LogP contribution < -0.4 is 15.4 Å². The van der Waals surface area contributed by atoms with Gasteiger partial charge in [0.2, 0.25) is 0 Å². The average Bonchev–Trinajstić information content (AvgIpc) is 2.86. The van der Waals surface area contributed by atoms with Crippen molar-refractivity contribution in [1.29, 1.82) is 0 Å². The highest BCUT2D eigenvalue weighted by Gasteiger charge is 2.29. The molecule has 8 heteroatoms. The predicted octanol–water partition coefficient (Wildman–Crippen LogP) is 4.23. The minimum Gasteiger partial charge on any atom is -0.489 e. The SMILES string of the molecule is CCNC(=O)Nc1ccccc1OCC1CN(C2CCN(Cc3ccc(Cl)cc3)CC2)CCO1. The van der Waals surface area contributed by atoms with Gasteiger partial charge in [0.1, 0.15) is 18.5 Å². The van der Waals surface area contributed by atoms with Crippen molar-refractivity contribution in [1.82, 2.24) is 15.1 Å². The molecule has 0 aliphatic carbocycles. The summed E-state index contributed by atoms with van der Waals surface area (Å²) in [4.78, 5) is 17.0. The highest BCUT2D eigenvalue weighted by Crippen LogP contribution is 2.25. The molecule has 1 unspecified atom stereocenters. The van der Waals surface area contributed by atoms with Crippen LogP contribution in [0.3, 0.4) is 0 Å². The zero-order valence-corrected chi connectivity index (χ0v) is 20.6. The van der Waals surface area contributed by atoms with E-state index in [1.54, 1.807) is 0 Å². The van der Waals surface area contributed by atoms with Gasteiger partial charge < -0.3 is 20.1 Å². The lowest BCUT2D eigenvalue weighted by atomic mass is 10.0. The molecule has 1 atom stereocenters. The number of halogens is 1. The van der Waals surface area contributed by atoms with Gasteiger partial charge in [-0.25, -0.2) is 4.79 Å². The number of para-hydroxylation sites is 2. The number of morpholine rings is 1. The van der Waals surface area contributed by atoms with E-state index in [2.05, 4.69) is 32.6 Å². The quantitative estimate of drug-likeness (QED) is 0.584. The number of carbonyl (C=O) groups is 1. The van der Waals surface area contributed by atoms with Crippen molar-refractivity contribution in [2.45, 2.75) is 38.5 Å². The van der Waals surface area contributed by atoms with Crippen molar-refractivity contribution in [2.24, 2.45) is 0 Å². The van der Waals surface area contributed by atoms with E-state index in [1.165, 1.54) is 18.4 Å². The van der Waals surface area contributed by atoms with Crippen LogP contribution in [0.1, 0.15) is 25.3 Å². The Hall–Kier alpha value is -2.32. The molecule has 0 aromatic heterocycles. The standard InChI is InChI=1S/C26H35ClN4O3/c1-2-28-26(32)29-24-5-3-4-6-25(24)34-19-23-18-31(15-16-33-23)22-11-13-30(14-12-22)17-20-7-9-21(27)10-8-20/h3-10,22-23H,2,11-19H2,1H3,(H2,28,29,32). The molecule has 2 aliphatic heterocycles. The number of anilines is 1. The number of urea groups is 1. The number of carbonyl (C=O) groups excluding carboxylic acids is 1. The molecule has 7 nitrogen and oxygen atoms in total. The summed E-state index contributed by atoms with van der Waals surface area (Å²) >= 11 is 6.01. The summed E-state index contributed by atoms with van der Waals surface area (Å²) in [5.41, 5.74) is 1.97. The molecule has 2 saturated heterocycles. The van der Waals surface area contributed by atoms with E-state index in [9.17, 15) is 4.79 Å². The van der Waals surface area contributed by atoms with Crippen LogP contribution in [0.4, 0.5) is 10.5 Å². The van der Waals surface area contributed by atoms with Crippen LogP contribution in [0.5, 0.6) is 5.75 Å². The fraction of sp³-hybridized carbons (Fsp3) is 0.500. The summed E-state index contributed by atoms with van der Waals surface area (Å²) < 4.78 is 12.1. The number of likely N-dealkylation sites (tertiary alicyclic amines) is 1. The average molecular weight is 487 g/mol. The minimum absolute atomic E-state index is 0.0124. The number of nitrogens with zero attached hydrogens (tertiary/aromatic N) is 2. The lowest BCUT2D eigenvalue weighted by molar-refractivity contribution is -0.0673. The third kappa shape index (κ3) is 7.09. The highest BCUT2D eigenvalue weighted by atomic mass is 35.5. The van der Waals surface area contributed by atoms with Crippen LogP contribution in [0, 0.1) is 0 Å². The van der Waals surface area contributed by atoms with E-state index < -0.39 is 0 Å². The van der Waals surface area contributed by atoms with Crippen LogP contribution in [-0.2, 0) is 11.3 Å². The van der Waals surface area contributed by atoms with E-state index in [-0.39, 0.29) is 12.1 Å². The van der Waals surface area contributed by atoms with Crippen molar-refractivity contribution in [2.75, 3.05) is 51.3 Å². The number of amides is 2. The van der Waals surface area contributed by atoms with Gasteiger partial charge in [0.05, 0.1) is 12.3 Å². The molecule has 2 aliphatic rings. The van der Waals surface area contributed by atoms with Gasteiger partial charge in [-0.1, -0.05) is 35.9 Å². The first-order chi connectivity index (χ1) is 16.6. The molecule has 2 fully saturated rings. The Bertz CT molecular complexity index is 919. The summed E-state index contributed by atoms with van der Waals surface area (Å²) in [6, 6.07) is 16.0. The van der Waals surface area contributed by atoms with Crippen molar-refractivity contribution in [3.63, 3.8) is 0 Å². The molecule has 0 spiro atoms. The van der Waals surface area contributed by atoms with Crippen LogP contribution in [-0.4, -0.2) is 73.9 Å². The molecule has 0 saturated carbocycles. The van der Waals surface area contributed by atoms with E-state index in [4.69, 9.17) is 21.1 Å². The maximum atomic E-state index is 11.9. The Kier molecular flexibility index (Phi) is 9.04. The maximum absolute atomic E-state index is 11.9. The molecule has 184 valence electrons. The van der Waals surface area contributed by atoms with Gasteiger partial charge in [-0.3, -0.25) is 9.80 Å². The summed E-state index contributed by atoms with van der Waals surface area (Å²) in [7, 11) is 0. The first kappa shape index (κ1) is 24.8. The molecule has 2 amide bonds. The largest absolute Gasteiger partial charge is 0.489 e. The third-order valence-corrected chi connectivity index (χ3v) is 6.71. The number of ether oxygens (including phenoxy) is 2. The Morgan fingerprint density at radius 3 is 2.65 bits per heavy atom. The van der Waals surface area contributed by atoms with Gasteiger partial charge in [-0.15, -0.1) is 0 Å². The van der Waals surface area contributed by atoms with E-state index in [0.717, 1.165) is 44.4 Å². The number of hydrogen-bond donors (Lipinski definition) is 2. The second-order valence-corrected chi connectivity index (χ2v) is 9.35. The number of benzene rings is 2. The summed E-state index contributed by atoms with van der Waals surface area (Å²) in [6.07, 6.45) is 2.35. The first-order valence-corrected chi connectivity index (χ1v) is 12.6. The van der Waals surface area contributed by atoms with Crippen molar-refractivity contribution in [3.05, 3.63) is 59.1 Å². The van der Waals surface area contributed by atoms with E-state index in [0.29, 0.717) is 30.6 Å². The molecule has 2 heterocycles. The molecule has 2 N–H and O–H groups in total. The number of nitrogens with one attached hydrogen (secondary N) is 2. The Labute approximate surface area is 207 Å². The fourth-order valence-corrected chi connectivity index (χ4v) is 4.80. The van der Waals surface area contributed by atoms with Gasteiger partial charge >= 0.3 is 6.03 Å². The van der Waals surface area contributed by atoms with Crippen LogP contribution in [0.15, 0.2) is 48.5 Å². The molecule has 2 aromatic rings. The van der Waals surface area contributed by atoms with E-state index >= 15 is 0 Å². The number of rotatable bonds is 8. The van der Waals surface area contributed by atoms with Crippen LogP contribution in [0.25, 0.3) is 0 Å². The molecule has 34 heavy (non-hydrogen) atoms. The summed E-state index contributed by atoms with van der Waals surface area (Å²) in [6.45, 7) is 8.65. The lowest BCUT2D eigenvalue weighted by Crippen LogP contribution is -2.52. The van der Waals surface area contributed by atoms with Gasteiger partial charge in [0.15, 0.2) is 0 Å². The zero-order chi connectivity index (χ0) is 23.8. The molecule has 0 bridgehead atoms. The molecule has 4 rings (SSSR count). The number of piperidine rings is 1. The first-order valence-electron chi connectivity index (χ1n) is 12.2. The fourth-order valence-electron chi connectivity index (χ4n) is 4.67. The van der Waals surface area contributed by atoms with E-state index in [1.807, 2.05) is 43.3 Å².